The van der Waals surface area contributed by atoms with E-state index in [0.717, 1.165) is 28.4 Å². The molecule has 1 fully saturated rings. The first-order valence-electron chi connectivity index (χ1n) is 6.23. The zero-order chi connectivity index (χ0) is 13.7. The molecule has 2 amide bonds. The lowest BCUT2D eigenvalue weighted by Gasteiger charge is -2.27. The first kappa shape index (κ1) is 12.7. The Morgan fingerprint density at radius 2 is 2.05 bits per heavy atom. The van der Waals surface area contributed by atoms with Crippen molar-refractivity contribution in [3.05, 3.63) is 27.7 Å². The van der Waals surface area contributed by atoms with Crippen LogP contribution in [0.5, 0.6) is 5.75 Å². The number of hydrogen-bond donors (Lipinski definition) is 0. The van der Waals surface area contributed by atoms with Crippen LogP contribution in [0.3, 0.4) is 0 Å². The second-order valence-electron chi connectivity index (χ2n) is 5.00. The third-order valence-corrected chi connectivity index (χ3v) is 4.89. The van der Waals surface area contributed by atoms with Crippen molar-refractivity contribution in [3.8, 4) is 5.75 Å². The molecular weight excluding hydrogens is 310 g/mol. The molecule has 1 heterocycles. The molecule has 2 aliphatic rings. The highest BCUT2D eigenvalue weighted by atomic mass is 79.9. The summed E-state index contributed by atoms with van der Waals surface area (Å²) in [7, 11) is 3.16. The lowest BCUT2D eigenvalue weighted by Crippen LogP contribution is -2.25. The van der Waals surface area contributed by atoms with Crippen LogP contribution >= 0.6 is 15.9 Å². The number of benzene rings is 1. The molecule has 1 saturated heterocycles. The van der Waals surface area contributed by atoms with Gasteiger partial charge >= 0.3 is 0 Å². The average Bonchev–Trinajstić information content (AvgIpc) is 2.64. The molecule has 0 radical (unpaired) electrons. The van der Waals surface area contributed by atoms with E-state index in [2.05, 4.69) is 15.9 Å². The average molecular weight is 324 g/mol. The van der Waals surface area contributed by atoms with Gasteiger partial charge in [0.05, 0.1) is 18.9 Å². The summed E-state index contributed by atoms with van der Waals surface area (Å²) in [5.41, 5.74) is 1.98. The number of halogens is 1. The molecule has 100 valence electrons. The molecular formula is C14H14BrNO3. The zero-order valence-electron chi connectivity index (χ0n) is 10.8. The Labute approximate surface area is 119 Å². The molecule has 0 N–H and O–H groups in total. The summed E-state index contributed by atoms with van der Waals surface area (Å²) in [5.74, 6) is -0.0960. The summed E-state index contributed by atoms with van der Waals surface area (Å²) >= 11 is 3.53. The zero-order valence-corrected chi connectivity index (χ0v) is 12.4. The predicted molar refractivity (Wildman–Crippen MR) is 73.0 cm³/mol. The van der Waals surface area contributed by atoms with Gasteiger partial charge in [0.15, 0.2) is 0 Å². The third kappa shape index (κ3) is 1.64. The molecule has 0 aromatic heterocycles. The van der Waals surface area contributed by atoms with E-state index in [9.17, 15) is 9.59 Å². The summed E-state index contributed by atoms with van der Waals surface area (Å²) in [5, 5.41) is 0. The molecule has 1 aromatic rings. The molecule has 4 nitrogen and oxygen atoms in total. The van der Waals surface area contributed by atoms with E-state index in [1.165, 1.54) is 4.90 Å². The number of likely N-dealkylation sites (N-methyl/N-ethyl adjacent to an activating group) is 1. The van der Waals surface area contributed by atoms with Gasteiger partial charge in [0.2, 0.25) is 11.8 Å². The largest absolute Gasteiger partial charge is 0.496 e. The second kappa shape index (κ2) is 4.34. The van der Waals surface area contributed by atoms with Crippen molar-refractivity contribution in [2.45, 2.75) is 18.8 Å². The van der Waals surface area contributed by atoms with Crippen LogP contribution in [0.25, 0.3) is 0 Å². The van der Waals surface area contributed by atoms with Gasteiger partial charge in [-0.1, -0.05) is 15.9 Å². The molecule has 2 atom stereocenters. The minimum atomic E-state index is -0.381. The van der Waals surface area contributed by atoms with Crippen LogP contribution in [0.1, 0.15) is 23.5 Å². The summed E-state index contributed by atoms with van der Waals surface area (Å²) < 4.78 is 6.37. The second-order valence-corrected chi connectivity index (χ2v) is 5.85. The highest BCUT2D eigenvalue weighted by molar-refractivity contribution is 9.10. The van der Waals surface area contributed by atoms with Gasteiger partial charge in [-0.3, -0.25) is 14.5 Å². The fourth-order valence-corrected chi connectivity index (χ4v) is 3.73. The first-order chi connectivity index (χ1) is 9.06. The number of imide groups is 1. The van der Waals surface area contributed by atoms with Crippen molar-refractivity contribution in [1.29, 1.82) is 0 Å². The number of carbonyl (C=O) groups is 2. The molecule has 0 bridgehead atoms. The van der Waals surface area contributed by atoms with Crippen molar-refractivity contribution >= 4 is 27.7 Å². The van der Waals surface area contributed by atoms with E-state index in [1.54, 1.807) is 14.2 Å². The molecule has 0 spiro atoms. The maximum atomic E-state index is 12.3. The topological polar surface area (TPSA) is 46.6 Å². The summed E-state index contributed by atoms with van der Waals surface area (Å²) in [6.45, 7) is 0. The smallest absolute Gasteiger partial charge is 0.237 e. The standard InChI is InChI=1S/C14H14BrNO3/c1-16-13(17)8-4-3-7-9(15)5-6-10(19-2)11(7)12(8)14(16)18/h5-6,8,12H,3-4H2,1-2H3. The number of carbonyl (C=O) groups excluding carboxylic acids is 2. The SMILES string of the molecule is COc1ccc(Br)c2c1C1C(=O)N(C)C(=O)C1CC2. The fraction of sp³-hybridized carbons (Fsp3) is 0.429. The Bertz CT molecular complexity index is 584. The van der Waals surface area contributed by atoms with Crippen LogP contribution in [0.4, 0.5) is 0 Å². The quantitative estimate of drug-likeness (QED) is 0.743. The molecule has 3 rings (SSSR count). The van der Waals surface area contributed by atoms with Crippen LogP contribution in [0, 0.1) is 5.92 Å². The highest BCUT2D eigenvalue weighted by Crippen LogP contribution is 2.48. The van der Waals surface area contributed by atoms with Gasteiger partial charge in [-0.25, -0.2) is 0 Å². The van der Waals surface area contributed by atoms with E-state index in [-0.39, 0.29) is 23.7 Å². The number of nitrogens with zero attached hydrogens (tertiary/aromatic N) is 1. The minimum absolute atomic E-state index is 0.0670. The maximum absolute atomic E-state index is 12.3. The van der Waals surface area contributed by atoms with Gasteiger partial charge < -0.3 is 4.74 Å². The monoisotopic (exact) mass is 323 g/mol. The normalized spacial score (nSPS) is 25.3. The molecule has 2 unspecified atom stereocenters. The summed E-state index contributed by atoms with van der Waals surface area (Å²) in [6, 6.07) is 3.78. The fourth-order valence-electron chi connectivity index (χ4n) is 3.18. The Balaban J connectivity index is 2.21. The molecule has 0 saturated carbocycles. The molecule has 1 aliphatic heterocycles. The molecule has 1 aromatic carbocycles. The van der Waals surface area contributed by atoms with Crippen LogP contribution in [-0.2, 0) is 16.0 Å². The lowest BCUT2D eigenvalue weighted by atomic mass is 9.76. The first-order valence-corrected chi connectivity index (χ1v) is 7.02. The number of amides is 2. The number of hydrogen-bond acceptors (Lipinski definition) is 3. The van der Waals surface area contributed by atoms with Gasteiger partial charge in [0, 0.05) is 17.1 Å². The van der Waals surface area contributed by atoms with Crippen molar-refractivity contribution < 1.29 is 14.3 Å². The Morgan fingerprint density at radius 3 is 2.74 bits per heavy atom. The molecule has 1 aliphatic carbocycles. The van der Waals surface area contributed by atoms with Gasteiger partial charge in [-0.05, 0) is 30.5 Å². The van der Waals surface area contributed by atoms with Crippen LogP contribution in [0.2, 0.25) is 0 Å². The number of fused-ring (bicyclic) bond motifs is 3. The van der Waals surface area contributed by atoms with Gasteiger partial charge in [-0.15, -0.1) is 0 Å². The number of likely N-dealkylation sites (tertiary alicyclic amines) is 1. The Hall–Kier alpha value is -1.36. The van der Waals surface area contributed by atoms with Crippen LogP contribution in [0.15, 0.2) is 16.6 Å². The lowest BCUT2D eigenvalue weighted by molar-refractivity contribution is -0.137. The van der Waals surface area contributed by atoms with E-state index in [0.29, 0.717) is 5.75 Å². The summed E-state index contributed by atoms with van der Waals surface area (Å²) in [4.78, 5) is 25.7. The van der Waals surface area contributed by atoms with Crippen molar-refractivity contribution in [3.63, 3.8) is 0 Å². The summed E-state index contributed by atoms with van der Waals surface area (Å²) in [6.07, 6.45) is 1.51. The number of methoxy groups -OCH3 is 1. The predicted octanol–water partition coefficient (Wildman–Crippen LogP) is 2.10. The van der Waals surface area contributed by atoms with E-state index < -0.39 is 0 Å². The van der Waals surface area contributed by atoms with Gasteiger partial charge in [0.1, 0.15) is 5.75 Å². The van der Waals surface area contributed by atoms with Crippen LogP contribution in [-0.4, -0.2) is 30.9 Å². The van der Waals surface area contributed by atoms with Gasteiger partial charge in [0.25, 0.3) is 0 Å². The number of rotatable bonds is 1. The minimum Gasteiger partial charge on any atom is -0.496 e. The van der Waals surface area contributed by atoms with E-state index >= 15 is 0 Å². The maximum Gasteiger partial charge on any atom is 0.237 e. The van der Waals surface area contributed by atoms with Crippen molar-refractivity contribution in [2.75, 3.05) is 14.2 Å². The molecule has 19 heavy (non-hydrogen) atoms. The van der Waals surface area contributed by atoms with Crippen molar-refractivity contribution in [1.82, 2.24) is 4.90 Å². The van der Waals surface area contributed by atoms with Gasteiger partial charge in [-0.2, -0.15) is 0 Å². The van der Waals surface area contributed by atoms with Crippen LogP contribution < -0.4 is 4.74 Å². The van der Waals surface area contributed by atoms with E-state index in [4.69, 9.17) is 4.74 Å². The molecule has 5 heteroatoms. The Kier molecular flexibility index (Phi) is 2.89. The number of ether oxygens (including phenoxy) is 1. The third-order valence-electron chi connectivity index (χ3n) is 4.14. The van der Waals surface area contributed by atoms with Crippen molar-refractivity contribution in [2.24, 2.45) is 5.92 Å². The Morgan fingerprint density at radius 1 is 1.32 bits per heavy atom. The highest BCUT2D eigenvalue weighted by Gasteiger charge is 2.50. The van der Waals surface area contributed by atoms with E-state index in [1.807, 2.05) is 12.1 Å².